The first-order valence-corrected chi connectivity index (χ1v) is 9.80. The number of ether oxygens (including phenoxy) is 2. The monoisotopic (exact) mass is 408 g/mol. The molecule has 4 rings (SSSR count). The molecule has 0 unspecified atom stereocenters. The van der Waals surface area contributed by atoms with Gasteiger partial charge in [-0.1, -0.05) is 5.16 Å². The third kappa shape index (κ3) is 4.37. The van der Waals surface area contributed by atoms with Gasteiger partial charge >= 0.3 is 0 Å². The Labute approximate surface area is 175 Å². The standard InChI is InChI=1S/C22H24N4O4/c1-28-18-7-3-16(4-8-18)22-23-20(30-24-22)15-21(27)26-13-11-25(12-14-26)17-5-9-19(29-2)10-6-17/h3-10H,11-15H2,1-2H3. The van der Waals surface area contributed by atoms with Crippen molar-refractivity contribution in [2.75, 3.05) is 45.3 Å². The maximum Gasteiger partial charge on any atom is 0.236 e. The molecule has 30 heavy (non-hydrogen) atoms. The summed E-state index contributed by atoms with van der Waals surface area (Å²) in [4.78, 5) is 21.1. The van der Waals surface area contributed by atoms with Crippen molar-refractivity contribution in [1.82, 2.24) is 15.0 Å². The van der Waals surface area contributed by atoms with Crippen LogP contribution in [0.25, 0.3) is 11.4 Å². The van der Waals surface area contributed by atoms with Crippen LogP contribution in [-0.2, 0) is 11.2 Å². The largest absolute Gasteiger partial charge is 0.497 e. The third-order valence-corrected chi connectivity index (χ3v) is 5.19. The topological polar surface area (TPSA) is 80.9 Å². The number of carbonyl (C=O) groups is 1. The lowest BCUT2D eigenvalue weighted by Gasteiger charge is -2.36. The van der Waals surface area contributed by atoms with E-state index in [4.69, 9.17) is 14.0 Å². The Morgan fingerprint density at radius 2 is 1.53 bits per heavy atom. The van der Waals surface area contributed by atoms with E-state index in [9.17, 15) is 4.79 Å². The van der Waals surface area contributed by atoms with E-state index < -0.39 is 0 Å². The fraction of sp³-hybridized carbons (Fsp3) is 0.318. The van der Waals surface area contributed by atoms with Gasteiger partial charge in [-0.25, -0.2) is 0 Å². The minimum Gasteiger partial charge on any atom is -0.497 e. The molecule has 1 saturated heterocycles. The minimum absolute atomic E-state index is 0.00527. The molecule has 1 aliphatic rings. The van der Waals surface area contributed by atoms with E-state index in [-0.39, 0.29) is 12.3 Å². The highest BCUT2D eigenvalue weighted by Crippen LogP contribution is 2.22. The molecule has 2 aromatic carbocycles. The van der Waals surface area contributed by atoms with Crippen LogP contribution in [0.3, 0.4) is 0 Å². The van der Waals surface area contributed by atoms with Crippen LogP contribution in [0.5, 0.6) is 11.5 Å². The van der Waals surface area contributed by atoms with E-state index in [2.05, 4.69) is 15.0 Å². The van der Waals surface area contributed by atoms with E-state index in [1.807, 2.05) is 53.4 Å². The van der Waals surface area contributed by atoms with Crippen molar-refractivity contribution in [2.45, 2.75) is 6.42 Å². The quantitative estimate of drug-likeness (QED) is 0.620. The molecule has 2 heterocycles. The van der Waals surface area contributed by atoms with Crippen molar-refractivity contribution in [3.63, 3.8) is 0 Å². The molecule has 1 aromatic heterocycles. The summed E-state index contributed by atoms with van der Waals surface area (Å²) in [5.41, 5.74) is 1.94. The van der Waals surface area contributed by atoms with Crippen LogP contribution in [0.15, 0.2) is 53.1 Å². The third-order valence-electron chi connectivity index (χ3n) is 5.19. The molecule has 0 bridgehead atoms. The van der Waals surface area contributed by atoms with Gasteiger partial charge < -0.3 is 23.8 Å². The Bertz CT molecular complexity index is 977. The molecule has 1 fully saturated rings. The fourth-order valence-corrected chi connectivity index (χ4v) is 3.43. The van der Waals surface area contributed by atoms with Crippen molar-refractivity contribution in [3.8, 4) is 22.9 Å². The number of amides is 1. The highest BCUT2D eigenvalue weighted by Gasteiger charge is 2.23. The molecule has 8 nitrogen and oxygen atoms in total. The summed E-state index contributed by atoms with van der Waals surface area (Å²) >= 11 is 0. The fourth-order valence-electron chi connectivity index (χ4n) is 3.43. The van der Waals surface area contributed by atoms with Crippen LogP contribution < -0.4 is 14.4 Å². The van der Waals surface area contributed by atoms with Crippen LogP contribution in [0.2, 0.25) is 0 Å². The van der Waals surface area contributed by atoms with Crippen LogP contribution in [-0.4, -0.2) is 61.3 Å². The molecule has 0 radical (unpaired) electrons. The van der Waals surface area contributed by atoms with Crippen LogP contribution in [0, 0.1) is 0 Å². The zero-order chi connectivity index (χ0) is 20.9. The average molecular weight is 408 g/mol. The predicted octanol–water partition coefficient (Wildman–Crippen LogP) is 2.65. The van der Waals surface area contributed by atoms with Crippen LogP contribution >= 0.6 is 0 Å². The molecule has 0 saturated carbocycles. The highest BCUT2D eigenvalue weighted by molar-refractivity contribution is 5.78. The molecular formula is C22H24N4O4. The molecule has 1 aliphatic heterocycles. The number of methoxy groups -OCH3 is 2. The lowest BCUT2D eigenvalue weighted by molar-refractivity contribution is -0.131. The number of carbonyl (C=O) groups excluding carboxylic acids is 1. The molecule has 3 aromatic rings. The molecular weight excluding hydrogens is 384 g/mol. The number of rotatable bonds is 6. The molecule has 8 heteroatoms. The Kier molecular flexibility index (Phi) is 5.83. The first-order valence-electron chi connectivity index (χ1n) is 9.80. The predicted molar refractivity (Wildman–Crippen MR) is 112 cm³/mol. The van der Waals surface area contributed by atoms with Crippen molar-refractivity contribution in [2.24, 2.45) is 0 Å². The SMILES string of the molecule is COc1ccc(-c2noc(CC(=O)N3CCN(c4ccc(OC)cc4)CC3)n2)cc1. The molecule has 0 spiro atoms. The van der Waals surface area contributed by atoms with Crippen molar-refractivity contribution in [1.29, 1.82) is 0 Å². The smallest absolute Gasteiger partial charge is 0.236 e. The van der Waals surface area contributed by atoms with E-state index in [0.29, 0.717) is 24.8 Å². The minimum atomic E-state index is -0.00527. The van der Waals surface area contributed by atoms with Gasteiger partial charge in [0.25, 0.3) is 0 Å². The number of nitrogens with zero attached hydrogens (tertiary/aromatic N) is 4. The van der Waals surface area contributed by atoms with Gasteiger partial charge in [-0.15, -0.1) is 0 Å². The van der Waals surface area contributed by atoms with Gasteiger partial charge in [-0.2, -0.15) is 4.98 Å². The first-order chi connectivity index (χ1) is 14.7. The Morgan fingerprint density at radius 1 is 0.933 bits per heavy atom. The summed E-state index contributed by atoms with van der Waals surface area (Å²) in [6.45, 7) is 2.87. The van der Waals surface area contributed by atoms with Crippen LogP contribution in [0.4, 0.5) is 5.69 Å². The summed E-state index contributed by atoms with van der Waals surface area (Å²) in [5, 5.41) is 3.99. The summed E-state index contributed by atoms with van der Waals surface area (Å²) in [6, 6.07) is 15.3. The van der Waals surface area contributed by atoms with Gasteiger partial charge in [0.05, 0.1) is 14.2 Å². The van der Waals surface area contributed by atoms with E-state index in [0.717, 1.165) is 35.8 Å². The number of aromatic nitrogens is 2. The lowest BCUT2D eigenvalue weighted by Crippen LogP contribution is -2.49. The maximum atomic E-state index is 12.7. The van der Waals surface area contributed by atoms with Crippen molar-refractivity contribution in [3.05, 3.63) is 54.4 Å². The summed E-state index contributed by atoms with van der Waals surface area (Å²) in [5.74, 6) is 2.37. The van der Waals surface area contributed by atoms with Gasteiger partial charge in [-0.05, 0) is 48.5 Å². The van der Waals surface area contributed by atoms with E-state index >= 15 is 0 Å². The second kappa shape index (κ2) is 8.86. The number of benzene rings is 2. The van der Waals surface area contributed by atoms with Crippen molar-refractivity contribution >= 4 is 11.6 Å². The normalized spacial score (nSPS) is 13.9. The maximum absolute atomic E-state index is 12.7. The number of hydrogen-bond acceptors (Lipinski definition) is 7. The molecule has 0 N–H and O–H groups in total. The van der Waals surface area contributed by atoms with Crippen molar-refractivity contribution < 1.29 is 18.8 Å². The van der Waals surface area contributed by atoms with Crippen LogP contribution in [0.1, 0.15) is 5.89 Å². The summed E-state index contributed by atoms with van der Waals surface area (Å²) in [7, 11) is 3.27. The second-order valence-electron chi connectivity index (χ2n) is 6.98. The highest BCUT2D eigenvalue weighted by atomic mass is 16.5. The molecule has 0 aliphatic carbocycles. The zero-order valence-electron chi connectivity index (χ0n) is 17.1. The number of anilines is 1. The average Bonchev–Trinajstić information content (AvgIpc) is 3.27. The summed E-state index contributed by atoms with van der Waals surface area (Å²) in [6.07, 6.45) is 0.103. The van der Waals surface area contributed by atoms with Gasteiger partial charge in [0.15, 0.2) is 0 Å². The Morgan fingerprint density at radius 3 is 2.13 bits per heavy atom. The van der Waals surface area contributed by atoms with Gasteiger partial charge in [0, 0.05) is 37.4 Å². The molecule has 156 valence electrons. The lowest BCUT2D eigenvalue weighted by atomic mass is 10.2. The Hall–Kier alpha value is -3.55. The second-order valence-corrected chi connectivity index (χ2v) is 6.98. The molecule has 1 amide bonds. The first kappa shape index (κ1) is 19.8. The number of piperazine rings is 1. The Balaban J connectivity index is 1.32. The number of hydrogen-bond donors (Lipinski definition) is 0. The summed E-state index contributed by atoms with van der Waals surface area (Å²) < 4.78 is 15.6. The molecule has 0 atom stereocenters. The zero-order valence-corrected chi connectivity index (χ0v) is 17.1. The van der Waals surface area contributed by atoms with Gasteiger partial charge in [-0.3, -0.25) is 4.79 Å². The van der Waals surface area contributed by atoms with E-state index in [1.165, 1.54) is 0 Å². The van der Waals surface area contributed by atoms with E-state index in [1.54, 1.807) is 14.2 Å². The van der Waals surface area contributed by atoms with Gasteiger partial charge in [0.1, 0.15) is 17.9 Å². The van der Waals surface area contributed by atoms with Gasteiger partial charge in [0.2, 0.25) is 17.6 Å².